The van der Waals surface area contributed by atoms with Crippen LogP contribution in [0.25, 0.3) is 17.1 Å². The molecular weight excluding hydrogens is 396 g/mol. The van der Waals surface area contributed by atoms with E-state index in [0.29, 0.717) is 24.5 Å². The summed E-state index contributed by atoms with van der Waals surface area (Å²) in [4.78, 5) is 37.6. The molecule has 1 saturated heterocycles. The van der Waals surface area contributed by atoms with Gasteiger partial charge in [0.05, 0.1) is 12.0 Å². The highest BCUT2D eigenvalue weighted by Gasteiger charge is 2.26. The number of hydrogen-bond donors (Lipinski definition) is 1. The van der Waals surface area contributed by atoms with Crippen molar-refractivity contribution in [2.24, 2.45) is 5.73 Å². The van der Waals surface area contributed by atoms with Crippen LogP contribution in [0, 0.1) is 0 Å². The molecule has 0 unspecified atom stereocenters. The summed E-state index contributed by atoms with van der Waals surface area (Å²) in [5.41, 5.74) is 7.62. The Morgan fingerprint density at radius 1 is 1.00 bits per heavy atom. The molecule has 0 aliphatic carbocycles. The van der Waals surface area contributed by atoms with E-state index in [-0.39, 0.29) is 22.9 Å². The van der Waals surface area contributed by atoms with Gasteiger partial charge in [0.2, 0.25) is 0 Å². The number of rotatable bonds is 4. The summed E-state index contributed by atoms with van der Waals surface area (Å²) >= 11 is 0. The van der Waals surface area contributed by atoms with Gasteiger partial charge < -0.3 is 20.0 Å². The highest BCUT2D eigenvalue weighted by molar-refractivity contribution is 5.99. The number of fused-ring (bicyclic) bond motifs is 1. The Labute approximate surface area is 177 Å². The zero-order valence-electron chi connectivity index (χ0n) is 16.6. The van der Waals surface area contributed by atoms with Gasteiger partial charge in [0, 0.05) is 31.9 Å². The molecule has 0 saturated carbocycles. The molecule has 1 aliphatic rings. The van der Waals surface area contributed by atoms with Gasteiger partial charge in [-0.15, -0.1) is 0 Å². The molecule has 9 nitrogen and oxygen atoms in total. The minimum atomic E-state index is -0.707. The van der Waals surface area contributed by atoms with Gasteiger partial charge >= 0.3 is 0 Å². The smallest absolute Gasteiger partial charge is 0.272 e. The fourth-order valence-corrected chi connectivity index (χ4v) is 3.84. The summed E-state index contributed by atoms with van der Waals surface area (Å²) in [5, 5.41) is 0. The van der Waals surface area contributed by atoms with Crippen molar-refractivity contribution in [2.45, 2.75) is 0 Å². The first-order valence-electron chi connectivity index (χ1n) is 9.93. The summed E-state index contributed by atoms with van der Waals surface area (Å²) in [6.45, 7) is 2.59. The standard InChI is InChI=1S/C22H20N6O3/c23-20(29)19-21-25-16(13-17(28(21)14-24-19)18-7-4-12-31-18)22(30)27-10-8-26(9-11-27)15-5-2-1-3-6-15/h1-7,12-14H,8-11H2,(H2,23,29). The van der Waals surface area contributed by atoms with E-state index in [1.54, 1.807) is 27.5 Å². The molecule has 0 radical (unpaired) electrons. The lowest BCUT2D eigenvalue weighted by molar-refractivity contribution is 0.0740. The van der Waals surface area contributed by atoms with Gasteiger partial charge in [-0.1, -0.05) is 18.2 Å². The fourth-order valence-electron chi connectivity index (χ4n) is 3.84. The number of carbonyl (C=O) groups is 2. The van der Waals surface area contributed by atoms with Crippen molar-refractivity contribution in [2.75, 3.05) is 31.1 Å². The Kier molecular flexibility index (Phi) is 4.62. The maximum absolute atomic E-state index is 13.3. The summed E-state index contributed by atoms with van der Waals surface area (Å²) in [6.07, 6.45) is 2.99. The number of para-hydroxylation sites is 1. The summed E-state index contributed by atoms with van der Waals surface area (Å²) in [6, 6.07) is 15.3. The number of furan rings is 1. The van der Waals surface area contributed by atoms with Gasteiger partial charge in [0.25, 0.3) is 11.8 Å². The van der Waals surface area contributed by atoms with Gasteiger partial charge in [-0.25, -0.2) is 9.97 Å². The molecule has 9 heteroatoms. The third kappa shape index (κ3) is 3.39. The molecule has 0 spiro atoms. The van der Waals surface area contributed by atoms with Crippen LogP contribution in [0.2, 0.25) is 0 Å². The van der Waals surface area contributed by atoms with Crippen molar-refractivity contribution in [1.29, 1.82) is 0 Å². The second-order valence-corrected chi connectivity index (χ2v) is 7.27. The zero-order chi connectivity index (χ0) is 21.4. The van der Waals surface area contributed by atoms with Gasteiger partial charge in [-0.05, 0) is 30.3 Å². The van der Waals surface area contributed by atoms with Gasteiger partial charge in [-0.2, -0.15) is 0 Å². The van der Waals surface area contributed by atoms with E-state index in [0.717, 1.165) is 18.8 Å². The van der Waals surface area contributed by atoms with E-state index in [9.17, 15) is 9.59 Å². The second-order valence-electron chi connectivity index (χ2n) is 7.27. The fraction of sp³-hybridized carbons (Fsp3) is 0.182. The average molecular weight is 416 g/mol. The van der Waals surface area contributed by atoms with Gasteiger partial charge in [0.1, 0.15) is 12.0 Å². The molecule has 2 amide bonds. The Morgan fingerprint density at radius 3 is 2.45 bits per heavy atom. The van der Waals surface area contributed by atoms with Crippen LogP contribution in [0.5, 0.6) is 0 Å². The number of imidazole rings is 1. The third-order valence-corrected chi connectivity index (χ3v) is 5.42. The van der Waals surface area contributed by atoms with Crippen LogP contribution in [-0.4, -0.2) is 57.3 Å². The van der Waals surface area contributed by atoms with E-state index in [4.69, 9.17) is 10.2 Å². The number of primary amides is 1. The van der Waals surface area contributed by atoms with Crippen molar-refractivity contribution >= 4 is 23.1 Å². The Hall–Kier alpha value is -4.14. The van der Waals surface area contributed by atoms with Crippen molar-refractivity contribution in [3.8, 4) is 11.5 Å². The number of anilines is 1. The molecule has 4 heterocycles. The second kappa shape index (κ2) is 7.60. The van der Waals surface area contributed by atoms with Crippen molar-refractivity contribution < 1.29 is 14.0 Å². The molecule has 0 bridgehead atoms. The number of hydrogen-bond acceptors (Lipinski definition) is 6. The molecule has 5 rings (SSSR count). The Bertz CT molecular complexity index is 1240. The number of aromatic nitrogens is 3. The molecule has 4 aromatic rings. The molecule has 3 aromatic heterocycles. The van der Waals surface area contributed by atoms with E-state index in [1.807, 2.05) is 18.2 Å². The predicted molar refractivity (Wildman–Crippen MR) is 114 cm³/mol. The molecule has 0 atom stereocenters. The molecule has 1 aliphatic heterocycles. The highest BCUT2D eigenvalue weighted by atomic mass is 16.3. The van der Waals surface area contributed by atoms with Crippen LogP contribution >= 0.6 is 0 Å². The quantitative estimate of drug-likeness (QED) is 0.545. The maximum Gasteiger partial charge on any atom is 0.272 e. The monoisotopic (exact) mass is 416 g/mol. The van der Waals surface area contributed by atoms with Crippen LogP contribution < -0.4 is 10.6 Å². The lowest BCUT2D eigenvalue weighted by atomic mass is 10.2. The van der Waals surface area contributed by atoms with Gasteiger partial charge in [-0.3, -0.25) is 14.0 Å². The first kappa shape index (κ1) is 18.9. The molecule has 31 heavy (non-hydrogen) atoms. The Balaban J connectivity index is 1.46. The van der Waals surface area contributed by atoms with Crippen molar-refractivity contribution in [3.63, 3.8) is 0 Å². The average Bonchev–Trinajstić information content (AvgIpc) is 3.49. The molecule has 1 fully saturated rings. The SMILES string of the molecule is NC(=O)c1ncn2c(-c3ccco3)cc(C(=O)N3CCN(c4ccccc4)CC3)nc12. The number of nitrogens with two attached hydrogens (primary N) is 1. The normalized spacial score (nSPS) is 14.2. The van der Waals surface area contributed by atoms with Crippen LogP contribution in [0.15, 0.2) is 65.5 Å². The molecule has 2 N–H and O–H groups in total. The minimum Gasteiger partial charge on any atom is -0.463 e. The maximum atomic E-state index is 13.3. The zero-order valence-corrected chi connectivity index (χ0v) is 16.6. The van der Waals surface area contributed by atoms with E-state index in [1.165, 1.54) is 12.6 Å². The number of carbonyl (C=O) groups excluding carboxylic acids is 2. The lowest BCUT2D eigenvalue weighted by Gasteiger charge is -2.36. The summed E-state index contributed by atoms with van der Waals surface area (Å²) in [7, 11) is 0. The molecule has 156 valence electrons. The van der Waals surface area contributed by atoms with Crippen LogP contribution in [0.1, 0.15) is 21.0 Å². The highest BCUT2D eigenvalue weighted by Crippen LogP contribution is 2.24. The first-order valence-corrected chi connectivity index (χ1v) is 9.93. The van der Waals surface area contributed by atoms with Crippen LogP contribution in [0.4, 0.5) is 5.69 Å². The van der Waals surface area contributed by atoms with Gasteiger partial charge in [0.15, 0.2) is 17.1 Å². The topological polar surface area (TPSA) is 110 Å². The first-order chi connectivity index (χ1) is 15.1. The third-order valence-electron chi connectivity index (χ3n) is 5.42. The van der Waals surface area contributed by atoms with Crippen LogP contribution in [-0.2, 0) is 0 Å². The Morgan fingerprint density at radius 2 is 1.77 bits per heavy atom. The number of benzene rings is 1. The van der Waals surface area contributed by atoms with Crippen LogP contribution in [0.3, 0.4) is 0 Å². The number of piperazine rings is 1. The van der Waals surface area contributed by atoms with E-state index < -0.39 is 5.91 Å². The summed E-state index contributed by atoms with van der Waals surface area (Å²) in [5.74, 6) is -0.384. The predicted octanol–water partition coefficient (Wildman–Crippen LogP) is 2.05. The van der Waals surface area contributed by atoms with Crippen molar-refractivity contribution in [1.82, 2.24) is 19.3 Å². The largest absolute Gasteiger partial charge is 0.463 e. The summed E-state index contributed by atoms with van der Waals surface area (Å²) < 4.78 is 7.12. The lowest BCUT2D eigenvalue weighted by Crippen LogP contribution is -2.49. The minimum absolute atomic E-state index is 0.0105. The number of nitrogens with zero attached hydrogens (tertiary/aromatic N) is 5. The van der Waals surface area contributed by atoms with E-state index in [2.05, 4.69) is 27.0 Å². The molecular formula is C22H20N6O3. The van der Waals surface area contributed by atoms with E-state index >= 15 is 0 Å². The molecule has 1 aromatic carbocycles. The number of amides is 2. The van der Waals surface area contributed by atoms with Crippen molar-refractivity contribution in [3.05, 3.63) is 72.5 Å².